The minimum atomic E-state index is 0.719. The summed E-state index contributed by atoms with van der Waals surface area (Å²) in [4.78, 5) is 2.48. The maximum Gasteiger partial charge on any atom is 0.169 e. The molecule has 0 atom stereocenters. The molecule has 1 saturated heterocycles. The molecule has 138 valence electrons. The zero-order chi connectivity index (χ0) is 18.4. The van der Waals surface area contributed by atoms with Crippen molar-refractivity contribution in [2.24, 2.45) is 5.10 Å². The summed E-state index contributed by atoms with van der Waals surface area (Å²) in [5.41, 5.74) is 3.60. The Kier molecular flexibility index (Phi) is 6.12. The number of hydrogen-bond donors (Lipinski definition) is 0. The molecule has 26 heavy (non-hydrogen) atoms. The first-order valence-electron chi connectivity index (χ1n) is 8.97. The lowest BCUT2D eigenvalue weighted by Crippen LogP contribution is -2.43. The number of aryl methyl sites for hydroxylation is 1. The highest BCUT2D eigenvalue weighted by atomic mass is 16.5. The van der Waals surface area contributed by atoms with Gasteiger partial charge in [0.05, 0.1) is 20.4 Å². The van der Waals surface area contributed by atoms with E-state index in [0.29, 0.717) is 0 Å². The lowest BCUT2D eigenvalue weighted by atomic mass is 10.1. The van der Waals surface area contributed by atoms with Crippen molar-refractivity contribution >= 4 is 6.21 Å². The van der Waals surface area contributed by atoms with Crippen LogP contribution in [0.15, 0.2) is 47.6 Å². The molecule has 5 heteroatoms. The van der Waals surface area contributed by atoms with Gasteiger partial charge in [0.15, 0.2) is 11.5 Å². The van der Waals surface area contributed by atoms with Gasteiger partial charge in [0, 0.05) is 38.3 Å². The summed E-state index contributed by atoms with van der Waals surface area (Å²) in [6.07, 6.45) is 1.86. The molecular weight excluding hydrogens is 326 g/mol. The van der Waals surface area contributed by atoms with Gasteiger partial charge in [-0.05, 0) is 24.6 Å². The third-order valence-corrected chi connectivity index (χ3v) is 4.67. The van der Waals surface area contributed by atoms with Crippen molar-refractivity contribution in [3.05, 3.63) is 59.2 Å². The van der Waals surface area contributed by atoms with Crippen LogP contribution in [0.4, 0.5) is 0 Å². The lowest BCUT2D eigenvalue weighted by molar-refractivity contribution is 0.131. The Morgan fingerprint density at radius 1 is 0.962 bits per heavy atom. The minimum absolute atomic E-state index is 0.719. The van der Waals surface area contributed by atoms with Crippen LogP contribution in [0.5, 0.6) is 11.5 Å². The standard InChI is InChI=1S/C21H27N3O2/c1-17-7-9-18(10-8-17)16-23-11-13-24(14-12-23)22-15-19-5-4-6-20(25-2)21(19)26-3/h4-10,15H,11-14,16H2,1-3H3/b22-15-. The Morgan fingerprint density at radius 3 is 2.35 bits per heavy atom. The summed E-state index contributed by atoms with van der Waals surface area (Å²) in [6, 6.07) is 14.6. The van der Waals surface area contributed by atoms with Crippen LogP contribution >= 0.6 is 0 Å². The third-order valence-electron chi connectivity index (χ3n) is 4.67. The predicted molar refractivity (Wildman–Crippen MR) is 105 cm³/mol. The fraction of sp³-hybridized carbons (Fsp3) is 0.381. The van der Waals surface area contributed by atoms with Gasteiger partial charge in [0.2, 0.25) is 0 Å². The second-order valence-electron chi connectivity index (χ2n) is 6.54. The van der Waals surface area contributed by atoms with Crippen molar-refractivity contribution in [3.8, 4) is 11.5 Å². The summed E-state index contributed by atoms with van der Waals surface area (Å²) in [5, 5.41) is 6.75. The molecule has 0 amide bonds. The maximum absolute atomic E-state index is 5.46. The first-order chi connectivity index (χ1) is 12.7. The van der Waals surface area contributed by atoms with Gasteiger partial charge in [-0.25, -0.2) is 0 Å². The van der Waals surface area contributed by atoms with E-state index in [9.17, 15) is 0 Å². The van der Waals surface area contributed by atoms with E-state index in [-0.39, 0.29) is 0 Å². The summed E-state index contributed by atoms with van der Waals surface area (Å²) in [5.74, 6) is 1.44. The lowest BCUT2D eigenvalue weighted by Gasteiger charge is -2.33. The van der Waals surface area contributed by atoms with E-state index >= 15 is 0 Å². The largest absolute Gasteiger partial charge is 0.493 e. The van der Waals surface area contributed by atoms with Crippen LogP contribution < -0.4 is 9.47 Å². The van der Waals surface area contributed by atoms with Gasteiger partial charge in [0.1, 0.15) is 0 Å². The van der Waals surface area contributed by atoms with Gasteiger partial charge in [-0.2, -0.15) is 5.10 Å². The molecule has 0 bridgehead atoms. The topological polar surface area (TPSA) is 37.3 Å². The second-order valence-corrected chi connectivity index (χ2v) is 6.54. The minimum Gasteiger partial charge on any atom is -0.493 e. The highest BCUT2D eigenvalue weighted by molar-refractivity contribution is 5.84. The Morgan fingerprint density at radius 2 is 1.69 bits per heavy atom. The molecule has 1 fully saturated rings. The van der Waals surface area contributed by atoms with Gasteiger partial charge < -0.3 is 9.47 Å². The number of nitrogens with zero attached hydrogens (tertiary/aromatic N) is 3. The Labute approximate surface area is 155 Å². The summed E-state index contributed by atoms with van der Waals surface area (Å²) >= 11 is 0. The van der Waals surface area contributed by atoms with Crippen LogP contribution in [0.1, 0.15) is 16.7 Å². The van der Waals surface area contributed by atoms with Crippen LogP contribution in [0.25, 0.3) is 0 Å². The van der Waals surface area contributed by atoms with Crippen LogP contribution in [-0.2, 0) is 6.54 Å². The first kappa shape index (κ1) is 18.3. The molecule has 2 aromatic rings. The van der Waals surface area contributed by atoms with Gasteiger partial charge >= 0.3 is 0 Å². The maximum atomic E-state index is 5.46. The molecule has 1 heterocycles. The molecule has 0 aliphatic carbocycles. The predicted octanol–water partition coefficient (Wildman–Crippen LogP) is 3.16. The zero-order valence-corrected chi connectivity index (χ0v) is 15.8. The number of para-hydroxylation sites is 1. The van der Waals surface area contributed by atoms with Crippen molar-refractivity contribution < 1.29 is 9.47 Å². The SMILES string of the molecule is COc1cccc(/C=N\N2CCN(Cc3ccc(C)cc3)CC2)c1OC. The fourth-order valence-corrected chi connectivity index (χ4v) is 3.12. The van der Waals surface area contributed by atoms with E-state index < -0.39 is 0 Å². The van der Waals surface area contributed by atoms with Crippen molar-refractivity contribution in [2.75, 3.05) is 40.4 Å². The van der Waals surface area contributed by atoms with Crippen LogP contribution in [-0.4, -0.2) is 56.5 Å². The molecule has 0 saturated carbocycles. The number of benzene rings is 2. The molecule has 3 rings (SSSR count). The van der Waals surface area contributed by atoms with E-state index in [4.69, 9.17) is 9.47 Å². The number of rotatable bonds is 6. The van der Waals surface area contributed by atoms with Gasteiger partial charge in [-0.15, -0.1) is 0 Å². The number of hydrazone groups is 1. The Hall–Kier alpha value is -2.53. The molecule has 2 aromatic carbocycles. The number of hydrogen-bond acceptors (Lipinski definition) is 5. The van der Waals surface area contributed by atoms with Crippen molar-refractivity contribution in [1.29, 1.82) is 0 Å². The van der Waals surface area contributed by atoms with E-state index in [2.05, 4.69) is 46.2 Å². The second kappa shape index (κ2) is 8.72. The highest BCUT2D eigenvalue weighted by Crippen LogP contribution is 2.29. The fourth-order valence-electron chi connectivity index (χ4n) is 3.12. The average Bonchev–Trinajstić information content (AvgIpc) is 2.68. The third kappa shape index (κ3) is 4.55. The summed E-state index contributed by atoms with van der Waals surface area (Å²) < 4.78 is 10.8. The van der Waals surface area contributed by atoms with E-state index in [1.54, 1.807) is 14.2 Å². The van der Waals surface area contributed by atoms with E-state index in [0.717, 1.165) is 49.8 Å². The normalized spacial score (nSPS) is 15.4. The molecule has 0 radical (unpaired) electrons. The average molecular weight is 353 g/mol. The number of piperazine rings is 1. The zero-order valence-electron chi connectivity index (χ0n) is 15.8. The number of ether oxygens (including phenoxy) is 2. The summed E-state index contributed by atoms with van der Waals surface area (Å²) in [7, 11) is 3.30. The van der Waals surface area contributed by atoms with Gasteiger partial charge in [-0.3, -0.25) is 9.91 Å². The molecule has 1 aliphatic heterocycles. The van der Waals surface area contributed by atoms with Gasteiger partial charge in [-0.1, -0.05) is 35.9 Å². The first-order valence-corrected chi connectivity index (χ1v) is 8.97. The molecular formula is C21H27N3O2. The monoisotopic (exact) mass is 353 g/mol. The smallest absolute Gasteiger partial charge is 0.169 e. The molecule has 0 aromatic heterocycles. The molecule has 1 aliphatic rings. The van der Waals surface area contributed by atoms with Gasteiger partial charge in [0.25, 0.3) is 0 Å². The number of methoxy groups -OCH3 is 2. The Bertz CT molecular complexity index is 735. The van der Waals surface area contributed by atoms with Crippen LogP contribution in [0, 0.1) is 6.92 Å². The van der Waals surface area contributed by atoms with Crippen LogP contribution in [0.2, 0.25) is 0 Å². The van der Waals surface area contributed by atoms with Crippen molar-refractivity contribution in [3.63, 3.8) is 0 Å². The highest BCUT2D eigenvalue weighted by Gasteiger charge is 2.16. The van der Waals surface area contributed by atoms with Crippen molar-refractivity contribution in [1.82, 2.24) is 9.91 Å². The molecule has 0 N–H and O–H groups in total. The molecule has 5 nitrogen and oxygen atoms in total. The Balaban J connectivity index is 1.55. The quantitative estimate of drug-likeness (QED) is 0.748. The van der Waals surface area contributed by atoms with E-state index in [1.807, 2.05) is 24.4 Å². The molecule has 0 spiro atoms. The van der Waals surface area contributed by atoms with Crippen molar-refractivity contribution in [2.45, 2.75) is 13.5 Å². The van der Waals surface area contributed by atoms with Crippen LogP contribution in [0.3, 0.4) is 0 Å². The van der Waals surface area contributed by atoms with E-state index in [1.165, 1.54) is 11.1 Å². The molecule has 0 unspecified atom stereocenters. The summed E-state index contributed by atoms with van der Waals surface area (Å²) in [6.45, 7) is 7.00.